The quantitative estimate of drug-likeness (QED) is 0.696. The Balaban J connectivity index is 0.00000139. The first kappa shape index (κ1) is 20.7. The molecule has 1 saturated carbocycles. The van der Waals surface area contributed by atoms with Crippen molar-refractivity contribution in [2.24, 2.45) is 5.92 Å². The Labute approximate surface area is 147 Å². The van der Waals surface area contributed by atoms with Gasteiger partial charge in [-0.2, -0.15) is 0 Å². The van der Waals surface area contributed by atoms with Gasteiger partial charge in [-0.1, -0.05) is 77.3 Å². The minimum atomic E-state index is -1.50. The maximum atomic E-state index is 12.8. The second-order valence-electron chi connectivity index (χ2n) is 6.34. The first-order chi connectivity index (χ1) is 11.6. The van der Waals surface area contributed by atoms with Crippen LogP contribution in [0.2, 0.25) is 0 Å². The molecule has 0 aliphatic heterocycles. The zero-order chi connectivity index (χ0) is 18.0. The van der Waals surface area contributed by atoms with Gasteiger partial charge in [0, 0.05) is 5.92 Å². The van der Waals surface area contributed by atoms with Crippen LogP contribution in [-0.4, -0.2) is 17.2 Å². The number of rotatable bonds is 7. The summed E-state index contributed by atoms with van der Waals surface area (Å²) in [5.41, 5.74) is -0.836. The maximum absolute atomic E-state index is 12.8. The summed E-state index contributed by atoms with van der Waals surface area (Å²) in [7, 11) is 0. The molecule has 3 heteroatoms. The fourth-order valence-electron chi connectivity index (χ4n) is 3.47. The summed E-state index contributed by atoms with van der Waals surface area (Å²) < 4.78 is 5.68. The van der Waals surface area contributed by atoms with Crippen molar-refractivity contribution >= 4 is 5.97 Å². The zero-order valence-corrected chi connectivity index (χ0v) is 15.8. The molecule has 0 saturated heterocycles. The van der Waals surface area contributed by atoms with Gasteiger partial charge in [-0.15, -0.1) is 0 Å². The monoisotopic (exact) mass is 334 g/mol. The largest absolute Gasteiger partial charge is 0.460 e. The molecule has 3 nitrogen and oxygen atoms in total. The molecule has 2 atom stereocenters. The Morgan fingerprint density at radius 3 is 2.29 bits per heavy atom. The molecule has 24 heavy (non-hydrogen) atoms. The third-order valence-electron chi connectivity index (χ3n) is 4.81. The zero-order valence-electron chi connectivity index (χ0n) is 15.8. The molecule has 2 unspecified atom stereocenters. The van der Waals surface area contributed by atoms with Crippen LogP contribution in [0.1, 0.15) is 78.2 Å². The Morgan fingerprint density at radius 1 is 1.21 bits per heavy atom. The van der Waals surface area contributed by atoms with E-state index >= 15 is 0 Å². The molecule has 0 bridgehead atoms. The highest BCUT2D eigenvalue weighted by Gasteiger charge is 2.48. The van der Waals surface area contributed by atoms with E-state index < -0.39 is 11.6 Å². The van der Waals surface area contributed by atoms with E-state index in [1.807, 2.05) is 51.1 Å². The third kappa shape index (κ3) is 4.83. The summed E-state index contributed by atoms with van der Waals surface area (Å²) >= 11 is 0. The molecule has 1 N–H and O–H groups in total. The molecule has 2 rings (SSSR count). The summed E-state index contributed by atoms with van der Waals surface area (Å²) in [6.45, 7) is 8.10. The highest BCUT2D eigenvalue weighted by Crippen LogP contribution is 2.41. The summed E-state index contributed by atoms with van der Waals surface area (Å²) in [5, 5.41) is 11.3. The van der Waals surface area contributed by atoms with E-state index in [4.69, 9.17) is 4.74 Å². The Hall–Kier alpha value is -1.35. The highest BCUT2D eigenvalue weighted by atomic mass is 16.6. The van der Waals surface area contributed by atoms with Crippen molar-refractivity contribution < 1.29 is 14.6 Å². The van der Waals surface area contributed by atoms with Gasteiger partial charge in [0.15, 0.2) is 5.60 Å². The standard InChI is InChI=1S/C19H28O3.C2H6/c1-3-10-17(4-2)22-18(20)19(21,16-13-8-9-14-16)15-11-6-5-7-12-15;1-2/h5-7,11-12,16-17,21H,3-4,8-10,13-14H2,1-2H3;1-2H3. The molecule has 1 fully saturated rings. The summed E-state index contributed by atoms with van der Waals surface area (Å²) in [5.74, 6) is -0.507. The number of aliphatic hydroxyl groups is 1. The molecule has 0 radical (unpaired) electrons. The van der Waals surface area contributed by atoms with Crippen LogP contribution in [0.25, 0.3) is 0 Å². The molecule has 1 aliphatic rings. The fraction of sp³-hybridized carbons (Fsp3) is 0.667. The first-order valence-electron chi connectivity index (χ1n) is 9.61. The van der Waals surface area contributed by atoms with Crippen LogP contribution in [0, 0.1) is 5.92 Å². The number of ether oxygens (including phenoxy) is 1. The van der Waals surface area contributed by atoms with E-state index in [1.54, 1.807) is 0 Å². The maximum Gasteiger partial charge on any atom is 0.343 e. The predicted octanol–water partition coefficient (Wildman–Crippen LogP) is 5.21. The van der Waals surface area contributed by atoms with Gasteiger partial charge >= 0.3 is 5.97 Å². The molecule has 1 aromatic carbocycles. The van der Waals surface area contributed by atoms with E-state index in [1.165, 1.54) is 0 Å². The molecule has 1 aliphatic carbocycles. The van der Waals surface area contributed by atoms with E-state index in [0.717, 1.165) is 44.9 Å². The fourth-order valence-corrected chi connectivity index (χ4v) is 3.47. The number of carbonyl (C=O) groups excluding carboxylic acids is 1. The van der Waals surface area contributed by atoms with Gasteiger partial charge in [-0.3, -0.25) is 0 Å². The van der Waals surface area contributed by atoms with Gasteiger partial charge in [0.25, 0.3) is 0 Å². The molecule has 0 spiro atoms. The molecule has 0 aromatic heterocycles. The van der Waals surface area contributed by atoms with Crippen LogP contribution < -0.4 is 0 Å². The lowest BCUT2D eigenvalue weighted by Gasteiger charge is -2.33. The number of esters is 1. The van der Waals surface area contributed by atoms with E-state index in [0.29, 0.717) is 5.56 Å². The van der Waals surface area contributed by atoms with Crippen LogP contribution in [0.15, 0.2) is 30.3 Å². The molecule has 136 valence electrons. The van der Waals surface area contributed by atoms with Crippen molar-refractivity contribution in [1.29, 1.82) is 0 Å². The number of benzene rings is 1. The SMILES string of the molecule is CC.CCCC(CC)OC(=O)C(O)(c1ccccc1)C1CCCC1. The van der Waals surface area contributed by atoms with Crippen LogP contribution in [0.3, 0.4) is 0 Å². The number of hydrogen-bond acceptors (Lipinski definition) is 3. The Morgan fingerprint density at radius 2 is 1.79 bits per heavy atom. The van der Waals surface area contributed by atoms with Crippen molar-refractivity contribution in [1.82, 2.24) is 0 Å². The van der Waals surface area contributed by atoms with E-state index in [2.05, 4.69) is 6.92 Å². The predicted molar refractivity (Wildman–Crippen MR) is 98.7 cm³/mol. The number of hydrogen-bond donors (Lipinski definition) is 1. The van der Waals surface area contributed by atoms with Crippen molar-refractivity contribution in [3.8, 4) is 0 Å². The molecule has 0 heterocycles. The normalized spacial score (nSPS) is 18.2. The molecular formula is C21H34O3. The van der Waals surface area contributed by atoms with E-state index in [9.17, 15) is 9.90 Å². The first-order valence-corrected chi connectivity index (χ1v) is 9.61. The van der Waals surface area contributed by atoms with Crippen LogP contribution in [-0.2, 0) is 15.1 Å². The highest BCUT2D eigenvalue weighted by molar-refractivity contribution is 5.81. The van der Waals surface area contributed by atoms with Gasteiger partial charge < -0.3 is 9.84 Å². The van der Waals surface area contributed by atoms with Gasteiger partial charge in [0.1, 0.15) is 6.10 Å². The Bertz CT molecular complexity index is 465. The molecule has 1 aromatic rings. The lowest BCUT2D eigenvalue weighted by atomic mass is 9.80. The average molecular weight is 335 g/mol. The van der Waals surface area contributed by atoms with Crippen molar-refractivity contribution in [2.45, 2.75) is 84.3 Å². The third-order valence-corrected chi connectivity index (χ3v) is 4.81. The number of carbonyl (C=O) groups is 1. The van der Waals surface area contributed by atoms with Crippen LogP contribution in [0.4, 0.5) is 0 Å². The topological polar surface area (TPSA) is 46.5 Å². The van der Waals surface area contributed by atoms with Crippen molar-refractivity contribution in [3.63, 3.8) is 0 Å². The van der Waals surface area contributed by atoms with Gasteiger partial charge in [0.2, 0.25) is 0 Å². The summed E-state index contributed by atoms with van der Waals surface area (Å²) in [4.78, 5) is 12.8. The Kier molecular flexibility index (Phi) is 9.05. The second-order valence-corrected chi connectivity index (χ2v) is 6.34. The lowest BCUT2D eigenvalue weighted by molar-refractivity contribution is -0.180. The van der Waals surface area contributed by atoms with E-state index in [-0.39, 0.29) is 12.0 Å². The van der Waals surface area contributed by atoms with Crippen LogP contribution in [0.5, 0.6) is 0 Å². The van der Waals surface area contributed by atoms with Crippen molar-refractivity contribution in [2.75, 3.05) is 0 Å². The van der Waals surface area contributed by atoms with Crippen molar-refractivity contribution in [3.05, 3.63) is 35.9 Å². The van der Waals surface area contributed by atoms with Gasteiger partial charge in [-0.25, -0.2) is 4.79 Å². The van der Waals surface area contributed by atoms with Crippen LogP contribution >= 0.6 is 0 Å². The van der Waals surface area contributed by atoms with Gasteiger partial charge in [-0.05, 0) is 31.2 Å². The smallest absolute Gasteiger partial charge is 0.343 e. The second kappa shape index (κ2) is 10.5. The minimum absolute atomic E-state index is 0.0402. The molecular weight excluding hydrogens is 300 g/mol. The summed E-state index contributed by atoms with van der Waals surface area (Å²) in [6.07, 6.45) is 6.40. The minimum Gasteiger partial charge on any atom is -0.460 e. The van der Waals surface area contributed by atoms with Gasteiger partial charge in [0.05, 0.1) is 0 Å². The summed E-state index contributed by atoms with van der Waals surface area (Å²) in [6, 6.07) is 9.30. The molecule has 0 amide bonds. The lowest BCUT2D eigenvalue weighted by Crippen LogP contribution is -2.44. The average Bonchev–Trinajstić information content (AvgIpc) is 3.18.